The maximum Gasteiger partial charge on any atom is 0.251 e. The number of thioether (sulfide) groups is 1. The molecule has 1 aromatic carbocycles. The molecule has 1 aromatic heterocycles. The highest BCUT2D eigenvalue weighted by molar-refractivity contribution is 7.98. The molecular formula is C23H33N5O2S. The summed E-state index contributed by atoms with van der Waals surface area (Å²) in [5, 5.41) is 3.64. The molecule has 31 heavy (non-hydrogen) atoms. The van der Waals surface area contributed by atoms with Crippen LogP contribution in [0, 0.1) is 13.8 Å². The number of rotatable bonds is 9. The molecule has 168 valence electrons. The molecule has 1 aliphatic heterocycles. The highest BCUT2D eigenvalue weighted by atomic mass is 32.2. The second-order valence-electron chi connectivity index (χ2n) is 7.70. The first-order valence-electron chi connectivity index (χ1n) is 10.8. The Bertz CT molecular complexity index is 867. The third kappa shape index (κ3) is 6.41. The molecule has 8 heteroatoms. The first-order valence-corrected chi connectivity index (χ1v) is 11.8. The monoisotopic (exact) mass is 443 g/mol. The van der Waals surface area contributed by atoms with Crippen LogP contribution in [-0.2, 0) is 10.5 Å². The number of anilines is 1. The first kappa shape index (κ1) is 23.5. The van der Waals surface area contributed by atoms with E-state index in [9.17, 15) is 4.79 Å². The van der Waals surface area contributed by atoms with Crippen LogP contribution in [0.2, 0.25) is 0 Å². The lowest BCUT2D eigenvalue weighted by Crippen LogP contribution is -2.46. The maximum atomic E-state index is 12.1. The van der Waals surface area contributed by atoms with Gasteiger partial charge in [-0.05, 0) is 38.1 Å². The number of aryl methyl sites for hydroxylation is 1. The quantitative estimate of drug-likeness (QED) is 0.363. The largest absolute Gasteiger partial charge is 0.383 e. The number of hydrogen-bond acceptors (Lipinski definition) is 7. The molecular weight excluding hydrogens is 410 g/mol. The number of carbonyl (C=O) groups excluding carboxylic acids is 1. The third-order valence-corrected chi connectivity index (χ3v) is 6.56. The van der Waals surface area contributed by atoms with Crippen molar-refractivity contribution in [3.8, 4) is 0 Å². The third-order valence-electron chi connectivity index (χ3n) is 5.64. The van der Waals surface area contributed by atoms with Gasteiger partial charge in [0.1, 0.15) is 5.82 Å². The summed E-state index contributed by atoms with van der Waals surface area (Å²) in [6, 6.07) is 7.70. The number of benzene rings is 1. The maximum absolute atomic E-state index is 12.1. The van der Waals surface area contributed by atoms with Crippen molar-refractivity contribution in [1.29, 1.82) is 0 Å². The molecule has 0 spiro atoms. The topological polar surface area (TPSA) is 70.6 Å². The minimum atomic E-state index is -0.0819. The summed E-state index contributed by atoms with van der Waals surface area (Å²) in [6.45, 7) is 12.7. The van der Waals surface area contributed by atoms with Crippen molar-refractivity contribution in [3.63, 3.8) is 0 Å². The molecule has 1 saturated heterocycles. The molecule has 0 atom stereocenters. The molecule has 1 fully saturated rings. The van der Waals surface area contributed by atoms with E-state index < -0.39 is 0 Å². The molecule has 1 aliphatic rings. The summed E-state index contributed by atoms with van der Waals surface area (Å²) in [5.41, 5.74) is 3.99. The van der Waals surface area contributed by atoms with Gasteiger partial charge in [0.15, 0.2) is 5.16 Å². The molecule has 3 rings (SSSR count). The average molecular weight is 444 g/mol. The van der Waals surface area contributed by atoms with E-state index in [1.165, 1.54) is 0 Å². The Balaban J connectivity index is 1.61. The van der Waals surface area contributed by atoms with Gasteiger partial charge < -0.3 is 19.9 Å². The van der Waals surface area contributed by atoms with E-state index in [2.05, 4.69) is 35.9 Å². The van der Waals surface area contributed by atoms with Crippen LogP contribution in [0.4, 0.5) is 5.82 Å². The Morgan fingerprint density at radius 2 is 1.84 bits per heavy atom. The Kier molecular flexibility index (Phi) is 8.69. The predicted molar refractivity (Wildman–Crippen MR) is 126 cm³/mol. The van der Waals surface area contributed by atoms with Crippen molar-refractivity contribution in [2.45, 2.75) is 31.7 Å². The summed E-state index contributed by atoms with van der Waals surface area (Å²) in [6.07, 6.45) is 0. The minimum Gasteiger partial charge on any atom is -0.383 e. The van der Waals surface area contributed by atoms with Gasteiger partial charge in [-0.1, -0.05) is 30.8 Å². The molecule has 0 saturated carbocycles. The zero-order chi connectivity index (χ0) is 22.2. The van der Waals surface area contributed by atoms with E-state index in [4.69, 9.17) is 14.7 Å². The number of methoxy groups -OCH3 is 1. The fraction of sp³-hybridized carbons (Fsp3) is 0.522. The van der Waals surface area contributed by atoms with Gasteiger partial charge >= 0.3 is 0 Å². The molecule has 2 heterocycles. The van der Waals surface area contributed by atoms with E-state index in [0.29, 0.717) is 18.7 Å². The van der Waals surface area contributed by atoms with E-state index in [1.54, 1.807) is 18.9 Å². The standard InChI is InChI=1S/C23H33N5O2S/c1-5-27-11-13-28(14-12-27)21-17(2)18(3)25-23(26-21)31-16-19-6-8-20(9-7-19)22(29)24-10-15-30-4/h6-9H,5,10-16H2,1-4H3,(H,24,29). The zero-order valence-electron chi connectivity index (χ0n) is 19.0. The van der Waals surface area contributed by atoms with Crippen LogP contribution in [0.5, 0.6) is 0 Å². The van der Waals surface area contributed by atoms with Crippen LogP contribution in [-0.4, -0.2) is 73.8 Å². The summed E-state index contributed by atoms with van der Waals surface area (Å²) >= 11 is 1.63. The highest BCUT2D eigenvalue weighted by Crippen LogP contribution is 2.27. The lowest BCUT2D eigenvalue weighted by Gasteiger charge is -2.35. The summed E-state index contributed by atoms with van der Waals surface area (Å²) in [4.78, 5) is 26.6. The lowest BCUT2D eigenvalue weighted by molar-refractivity contribution is 0.0937. The summed E-state index contributed by atoms with van der Waals surface area (Å²) in [5.74, 6) is 1.74. The van der Waals surface area contributed by atoms with Gasteiger partial charge in [0.2, 0.25) is 0 Å². The fourth-order valence-corrected chi connectivity index (χ4v) is 4.35. The number of amides is 1. The number of ether oxygens (including phenoxy) is 1. The van der Waals surface area contributed by atoms with E-state index in [1.807, 2.05) is 24.3 Å². The summed E-state index contributed by atoms with van der Waals surface area (Å²) in [7, 11) is 1.62. The molecule has 0 bridgehead atoms. The molecule has 0 aliphatic carbocycles. The zero-order valence-corrected chi connectivity index (χ0v) is 19.8. The van der Waals surface area contributed by atoms with Crippen LogP contribution < -0.4 is 10.2 Å². The lowest BCUT2D eigenvalue weighted by atomic mass is 10.1. The number of piperazine rings is 1. The SMILES string of the molecule is CCN1CCN(c2nc(SCc3ccc(C(=O)NCCOC)cc3)nc(C)c2C)CC1. The van der Waals surface area contributed by atoms with Crippen LogP contribution in [0.25, 0.3) is 0 Å². The van der Waals surface area contributed by atoms with Crippen LogP contribution in [0.1, 0.15) is 34.1 Å². The number of nitrogens with zero attached hydrogens (tertiary/aromatic N) is 4. The van der Waals surface area contributed by atoms with Crippen molar-refractivity contribution in [3.05, 3.63) is 46.6 Å². The van der Waals surface area contributed by atoms with Gasteiger partial charge in [0.25, 0.3) is 5.91 Å². The van der Waals surface area contributed by atoms with E-state index >= 15 is 0 Å². The van der Waals surface area contributed by atoms with Gasteiger partial charge in [-0.3, -0.25) is 4.79 Å². The Hall–Kier alpha value is -2.16. The Labute approximate surface area is 189 Å². The van der Waals surface area contributed by atoms with Crippen LogP contribution in [0.15, 0.2) is 29.4 Å². The fourth-order valence-electron chi connectivity index (χ4n) is 3.51. The molecule has 1 N–H and O–H groups in total. The van der Waals surface area contributed by atoms with Crippen molar-refractivity contribution in [2.24, 2.45) is 0 Å². The highest BCUT2D eigenvalue weighted by Gasteiger charge is 2.20. The first-order chi connectivity index (χ1) is 15.0. The number of hydrogen-bond donors (Lipinski definition) is 1. The smallest absolute Gasteiger partial charge is 0.251 e. The number of likely N-dealkylation sites (N-methyl/N-ethyl adjacent to an activating group) is 1. The van der Waals surface area contributed by atoms with Gasteiger partial charge in [0.05, 0.1) is 6.61 Å². The van der Waals surface area contributed by atoms with E-state index in [-0.39, 0.29) is 5.91 Å². The van der Waals surface area contributed by atoms with Crippen molar-refractivity contribution in [1.82, 2.24) is 20.2 Å². The second kappa shape index (κ2) is 11.5. The van der Waals surface area contributed by atoms with Gasteiger partial charge in [0, 0.05) is 62.4 Å². The Morgan fingerprint density at radius 3 is 2.48 bits per heavy atom. The van der Waals surface area contributed by atoms with Crippen LogP contribution >= 0.6 is 11.8 Å². The second-order valence-corrected chi connectivity index (χ2v) is 8.64. The average Bonchev–Trinajstić information content (AvgIpc) is 2.80. The van der Waals surface area contributed by atoms with Crippen molar-refractivity contribution in [2.75, 3.05) is 57.9 Å². The number of aromatic nitrogens is 2. The minimum absolute atomic E-state index is 0.0819. The number of carbonyl (C=O) groups is 1. The molecule has 1 amide bonds. The van der Waals surface area contributed by atoms with Crippen molar-refractivity contribution >= 4 is 23.5 Å². The number of nitrogens with one attached hydrogen (secondary N) is 1. The van der Waals surface area contributed by atoms with Crippen molar-refractivity contribution < 1.29 is 9.53 Å². The van der Waals surface area contributed by atoms with Gasteiger partial charge in [-0.2, -0.15) is 0 Å². The normalized spacial score (nSPS) is 14.6. The molecule has 0 unspecified atom stereocenters. The van der Waals surface area contributed by atoms with E-state index in [0.717, 1.165) is 66.3 Å². The summed E-state index contributed by atoms with van der Waals surface area (Å²) < 4.78 is 4.96. The van der Waals surface area contributed by atoms with Gasteiger partial charge in [-0.15, -0.1) is 0 Å². The predicted octanol–water partition coefficient (Wildman–Crippen LogP) is 2.90. The molecule has 2 aromatic rings. The molecule has 7 nitrogen and oxygen atoms in total. The molecule has 0 radical (unpaired) electrons. The van der Waals surface area contributed by atoms with Gasteiger partial charge in [-0.25, -0.2) is 9.97 Å². The Morgan fingerprint density at radius 1 is 1.13 bits per heavy atom. The van der Waals surface area contributed by atoms with Crippen LogP contribution in [0.3, 0.4) is 0 Å².